The summed E-state index contributed by atoms with van der Waals surface area (Å²) in [6, 6.07) is 101. The third-order valence-corrected chi connectivity index (χ3v) is 14.0. The molecule has 13 rings (SSSR count). The van der Waals surface area contributed by atoms with Crippen molar-refractivity contribution in [3.63, 3.8) is 0 Å². The Kier molecular flexibility index (Phi) is 12.4. The van der Waals surface area contributed by atoms with Gasteiger partial charge in [-0.15, -0.1) is 0 Å². The van der Waals surface area contributed by atoms with Gasteiger partial charge in [-0.3, -0.25) is 0 Å². The molecule has 0 unspecified atom stereocenters. The van der Waals surface area contributed by atoms with Crippen molar-refractivity contribution in [3.8, 4) is 50.2 Å². The van der Waals surface area contributed by atoms with Gasteiger partial charge < -0.3 is 4.57 Å². The highest BCUT2D eigenvalue weighted by molar-refractivity contribution is 6.10. The van der Waals surface area contributed by atoms with E-state index in [1.807, 2.05) is 18.2 Å². The molecule has 1 nitrogen and oxygen atoms in total. The fraction of sp³-hybridized carbons (Fsp3) is 0.0571. The first kappa shape index (κ1) is 44.7. The summed E-state index contributed by atoms with van der Waals surface area (Å²) in [7, 11) is 0. The van der Waals surface area contributed by atoms with Crippen molar-refractivity contribution in [2.24, 2.45) is 0 Å². The lowest BCUT2D eigenvalue weighted by atomic mass is 9.67. The highest BCUT2D eigenvalue weighted by Crippen LogP contribution is 2.56. The van der Waals surface area contributed by atoms with Gasteiger partial charge in [0.1, 0.15) is 0 Å². The predicted molar refractivity (Wildman–Crippen MR) is 301 cm³/mol. The maximum Gasteiger partial charge on any atom is 0.0714 e. The van der Waals surface area contributed by atoms with Crippen LogP contribution in [0.5, 0.6) is 0 Å². The van der Waals surface area contributed by atoms with Gasteiger partial charge in [0.2, 0.25) is 0 Å². The van der Waals surface area contributed by atoms with Crippen LogP contribution in [-0.2, 0) is 5.41 Å². The molecule has 0 bridgehead atoms. The zero-order valence-corrected chi connectivity index (χ0v) is 40.5. The second kappa shape index (κ2) is 19.7. The van der Waals surface area contributed by atoms with Gasteiger partial charge in [-0.05, 0) is 123 Å². The van der Waals surface area contributed by atoms with E-state index in [-0.39, 0.29) is 0 Å². The first-order chi connectivity index (χ1) is 35.0. The maximum atomic E-state index is 2.47. The van der Waals surface area contributed by atoms with Gasteiger partial charge in [0.15, 0.2) is 0 Å². The SMILES string of the molecule is Cc1cc(-c2ccccc2)cc(-c2ccccc2)c1.Cc1cccc(-c2ccc3c4ccccc4n(-c4ccc5c(c4)C(c4ccccc4)(c4ccccc4)c4ccccc4-5)c3c2)c1.Cc1ccccc1. The quantitative estimate of drug-likeness (QED) is 0.157. The van der Waals surface area contributed by atoms with Crippen molar-refractivity contribution < 1.29 is 0 Å². The van der Waals surface area contributed by atoms with Crippen molar-refractivity contribution in [1.82, 2.24) is 4.57 Å². The van der Waals surface area contributed by atoms with Crippen LogP contribution in [0.3, 0.4) is 0 Å². The fourth-order valence-corrected chi connectivity index (χ4v) is 10.7. The summed E-state index contributed by atoms with van der Waals surface area (Å²) in [6.07, 6.45) is 0. The molecule has 0 aliphatic heterocycles. The monoisotopic (exact) mass is 909 g/mol. The highest BCUT2D eigenvalue weighted by Gasteiger charge is 2.46. The van der Waals surface area contributed by atoms with Crippen LogP contribution in [0.2, 0.25) is 0 Å². The maximum absolute atomic E-state index is 2.47. The van der Waals surface area contributed by atoms with Crippen LogP contribution in [0.1, 0.15) is 38.9 Å². The minimum atomic E-state index is -0.435. The highest BCUT2D eigenvalue weighted by atomic mass is 15.0. The lowest BCUT2D eigenvalue weighted by Crippen LogP contribution is -2.28. The van der Waals surface area contributed by atoms with E-state index in [4.69, 9.17) is 0 Å². The lowest BCUT2D eigenvalue weighted by molar-refractivity contribution is 0.767. The smallest absolute Gasteiger partial charge is 0.0714 e. The Labute approximate surface area is 418 Å². The van der Waals surface area contributed by atoms with Crippen LogP contribution in [0.4, 0.5) is 0 Å². The molecule has 0 saturated heterocycles. The number of hydrogen-bond donors (Lipinski definition) is 0. The van der Waals surface area contributed by atoms with Crippen molar-refractivity contribution in [1.29, 1.82) is 0 Å². The molecule has 1 heteroatoms. The summed E-state index contributed by atoms with van der Waals surface area (Å²) in [5.74, 6) is 0. The number of benzene rings is 11. The number of hydrogen-bond acceptors (Lipinski definition) is 0. The van der Waals surface area contributed by atoms with Gasteiger partial charge in [-0.1, -0.05) is 260 Å². The number of aryl methyl sites for hydroxylation is 3. The average molecular weight is 910 g/mol. The van der Waals surface area contributed by atoms with E-state index in [0.717, 1.165) is 0 Å². The Morgan fingerprint density at radius 3 is 1.35 bits per heavy atom. The predicted octanol–water partition coefficient (Wildman–Crippen LogP) is 18.4. The van der Waals surface area contributed by atoms with Crippen molar-refractivity contribution in [2.45, 2.75) is 26.2 Å². The summed E-state index contributed by atoms with van der Waals surface area (Å²) in [5.41, 5.74) is 22.4. The molecular formula is C70H55N. The topological polar surface area (TPSA) is 4.93 Å². The van der Waals surface area contributed by atoms with Crippen LogP contribution in [0, 0.1) is 20.8 Å². The van der Waals surface area contributed by atoms with Crippen molar-refractivity contribution in [3.05, 3.63) is 318 Å². The van der Waals surface area contributed by atoms with Crippen LogP contribution < -0.4 is 0 Å². The molecule has 340 valence electrons. The van der Waals surface area contributed by atoms with E-state index in [1.165, 1.54) is 111 Å². The third-order valence-electron chi connectivity index (χ3n) is 14.0. The number of nitrogens with zero attached hydrogens (tertiary/aromatic N) is 1. The average Bonchev–Trinajstić information content (AvgIpc) is 3.92. The van der Waals surface area contributed by atoms with E-state index in [0.29, 0.717) is 0 Å². The molecule has 0 fully saturated rings. The van der Waals surface area contributed by atoms with Crippen molar-refractivity contribution >= 4 is 21.8 Å². The second-order valence-electron chi connectivity index (χ2n) is 18.7. The van der Waals surface area contributed by atoms with E-state index in [9.17, 15) is 0 Å². The van der Waals surface area contributed by atoms with Crippen LogP contribution in [-0.4, -0.2) is 4.57 Å². The van der Waals surface area contributed by atoms with Gasteiger partial charge in [0, 0.05) is 16.5 Å². The molecule has 0 amide bonds. The largest absolute Gasteiger partial charge is 0.309 e. The molecular weight excluding hydrogens is 855 g/mol. The van der Waals surface area contributed by atoms with Crippen LogP contribution in [0.25, 0.3) is 72.0 Å². The van der Waals surface area contributed by atoms with Gasteiger partial charge in [-0.2, -0.15) is 0 Å². The number of aromatic nitrogens is 1. The van der Waals surface area contributed by atoms with Gasteiger partial charge >= 0.3 is 0 Å². The molecule has 0 atom stereocenters. The Hall–Kier alpha value is -8.78. The molecule has 11 aromatic carbocycles. The summed E-state index contributed by atoms with van der Waals surface area (Å²) < 4.78 is 2.47. The minimum absolute atomic E-state index is 0.435. The molecule has 0 N–H and O–H groups in total. The summed E-state index contributed by atoms with van der Waals surface area (Å²) >= 11 is 0. The Balaban J connectivity index is 0.000000172. The van der Waals surface area contributed by atoms with E-state index in [2.05, 4.69) is 286 Å². The normalized spacial score (nSPS) is 12.0. The van der Waals surface area contributed by atoms with Crippen LogP contribution >= 0.6 is 0 Å². The van der Waals surface area contributed by atoms with E-state index in [1.54, 1.807) is 0 Å². The molecule has 71 heavy (non-hydrogen) atoms. The summed E-state index contributed by atoms with van der Waals surface area (Å²) in [4.78, 5) is 0. The Morgan fingerprint density at radius 1 is 0.268 bits per heavy atom. The van der Waals surface area contributed by atoms with Gasteiger partial charge in [0.05, 0.1) is 16.4 Å². The van der Waals surface area contributed by atoms with Gasteiger partial charge in [-0.25, -0.2) is 0 Å². The number of rotatable bonds is 6. The number of para-hydroxylation sites is 1. The number of fused-ring (bicyclic) bond motifs is 6. The first-order valence-corrected chi connectivity index (χ1v) is 24.7. The molecule has 0 spiro atoms. The molecule has 0 radical (unpaired) electrons. The zero-order valence-electron chi connectivity index (χ0n) is 40.5. The fourth-order valence-electron chi connectivity index (χ4n) is 10.7. The van der Waals surface area contributed by atoms with Crippen LogP contribution in [0.15, 0.2) is 279 Å². The molecule has 0 saturated carbocycles. The summed E-state index contributed by atoms with van der Waals surface area (Å²) in [5, 5.41) is 2.53. The minimum Gasteiger partial charge on any atom is -0.309 e. The second-order valence-corrected chi connectivity index (χ2v) is 18.7. The molecule has 1 aromatic heterocycles. The van der Waals surface area contributed by atoms with E-state index < -0.39 is 5.41 Å². The molecule has 1 aliphatic rings. The third kappa shape index (κ3) is 8.69. The Morgan fingerprint density at radius 2 is 0.746 bits per heavy atom. The first-order valence-electron chi connectivity index (χ1n) is 24.7. The molecule has 1 heterocycles. The van der Waals surface area contributed by atoms with E-state index >= 15 is 0 Å². The zero-order chi connectivity index (χ0) is 48.2. The summed E-state index contributed by atoms with van der Waals surface area (Å²) in [6.45, 7) is 6.40. The molecule has 1 aliphatic carbocycles. The lowest BCUT2D eigenvalue weighted by Gasteiger charge is -2.34. The van der Waals surface area contributed by atoms with Crippen molar-refractivity contribution in [2.75, 3.05) is 0 Å². The Bertz CT molecular complexity index is 3660. The molecule has 12 aromatic rings. The standard InChI is InChI=1S/C44H31N.C19H16.C7H8/c1-30-13-12-14-31(27-30)32-23-25-39-38-20-9-11-22-42(38)45(43(39)28-32)35-24-26-37-36-19-8-10-21-40(36)44(41(37)29-35,33-15-4-2-5-16-33)34-17-6-3-7-18-34;1-15-12-18(16-8-4-2-5-9-16)14-19(13-15)17-10-6-3-7-11-17;1-7-5-3-2-4-6-7/h2-29H,1H3;2-14H,1H3;2-6H,1H3. The van der Waals surface area contributed by atoms with Gasteiger partial charge in [0.25, 0.3) is 0 Å².